The van der Waals surface area contributed by atoms with E-state index in [4.69, 9.17) is 0 Å². The van der Waals surface area contributed by atoms with Gasteiger partial charge in [0.15, 0.2) is 0 Å². The lowest BCUT2D eigenvalue weighted by Crippen LogP contribution is -2.42. The molecule has 2 atom stereocenters. The summed E-state index contributed by atoms with van der Waals surface area (Å²) in [5.74, 6) is 0. The van der Waals surface area contributed by atoms with E-state index in [0.717, 1.165) is 18.0 Å². The van der Waals surface area contributed by atoms with Crippen LogP contribution in [0.4, 0.5) is 0 Å². The van der Waals surface area contributed by atoms with Crippen LogP contribution in [-0.2, 0) is 0 Å². The van der Waals surface area contributed by atoms with Crippen molar-refractivity contribution >= 4 is 11.8 Å². The molecule has 0 radical (unpaired) electrons. The van der Waals surface area contributed by atoms with Crippen LogP contribution in [0, 0.1) is 11.3 Å². The van der Waals surface area contributed by atoms with Gasteiger partial charge < -0.3 is 0 Å². The molecule has 0 saturated carbocycles. The zero-order valence-corrected chi connectivity index (χ0v) is 11.3. The molecule has 1 aromatic heterocycles. The Morgan fingerprint density at radius 3 is 2.88 bits per heavy atom. The number of thioether (sulfide) groups is 1. The fourth-order valence-corrected chi connectivity index (χ4v) is 2.79. The number of nitriles is 1. The van der Waals surface area contributed by atoms with Crippen LogP contribution in [0.5, 0.6) is 0 Å². The van der Waals surface area contributed by atoms with E-state index in [1.165, 1.54) is 0 Å². The van der Waals surface area contributed by atoms with Crippen LogP contribution in [0.1, 0.15) is 27.2 Å². The third kappa shape index (κ3) is 4.72. The zero-order valence-electron chi connectivity index (χ0n) is 10.5. The molecule has 1 heterocycles. The van der Waals surface area contributed by atoms with Crippen molar-refractivity contribution in [2.24, 2.45) is 0 Å². The average molecular weight is 250 g/mol. The molecule has 4 nitrogen and oxygen atoms in total. The minimum Gasteiger partial charge on any atom is -0.300 e. The lowest BCUT2D eigenvalue weighted by Gasteiger charge is -2.25. The van der Waals surface area contributed by atoms with Crippen molar-refractivity contribution in [3.8, 4) is 6.07 Å². The van der Waals surface area contributed by atoms with Crippen molar-refractivity contribution in [3.63, 3.8) is 0 Å². The van der Waals surface area contributed by atoms with Gasteiger partial charge in [-0.05, 0) is 19.9 Å². The molecular weight excluding hydrogens is 232 g/mol. The molecule has 0 fully saturated rings. The Labute approximate surface area is 107 Å². The maximum absolute atomic E-state index is 9.18. The minimum atomic E-state index is -0.469. The van der Waals surface area contributed by atoms with Gasteiger partial charge in [0, 0.05) is 17.6 Å². The van der Waals surface area contributed by atoms with Crippen LogP contribution in [0.2, 0.25) is 0 Å². The topological polar surface area (TPSA) is 61.6 Å². The summed E-state index contributed by atoms with van der Waals surface area (Å²) in [4.78, 5) is 8.24. The summed E-state index contributed by atoms with van der Waals surface area (Å²) in [5.41, 5.74) is -0.469. The van der Waals surface area contributed by atoms with Crippen LogP contribution in [0.25, 0.3) is 0 Å². The fourth-order valence-electron chi connectivity index (χ4n) is 1.72. The van der Waals surface area contributed by atoms with E-state index in [0.29, 0.717) is 5.25 Å². The largest absolute Gasteiger partial charge is 0.300 e. The van der Waals surface area contributed by atoms with Crippen LogP contribution < -0.4 is 5.32 Å². The van der Waals surface area contributed by atoms with Gasteiger partial charge in [0.05, 0.1) is 12.3 Å². The van der Waals surface area contributed by atoms with Gasteiger partial charge in [-0.25, -0.2) is 4.98 Å². The van der Waals surface area contributed by atoms with E-state index in [-0.39, 0.29) is 0 Å². The summed E-state index contributed by atoms with van der Waals surface area (Å²) in [5, 5.41) is 13.6. The summed E-state index contributed by atoms with van der Waals surface area (Å²) in [6, 6.07) is 2.34. The predicted octanol–water partition coefficient (Wildman–Crippen LogP) is 2.24. The molecule has 0 aromatic carbocycles. The molecule has 0 aliphatic heterocycles. The number of hydrogen-bond donors (Lipinski definition) is 1. The Balaban J connectivity index is 2.55. The molecule has 0 bridgehead atoms. The first kappa shape index (κ1) is 13.9. The fraction of sp³-hybridized carbons (Fsp3) is 0.583. The van der Waals surface area contributed by atoms with Gasteiger partial charge >= 0.3 is 0 Å². The monoisotopic (exact) mass is 250 g/mol. The molecule has 1 aromatic rings. The van der Waals surface area contributed by atoms with Crippen LogP contribution >= 0.6 is 11.8 Å². The first-order valence-corrected chi connectivity index (χ1v) is 6.56. The molecule has 0 aliphatic carbocycles. The summed E-state index contributed by atoms with van der Waals surface area (Å²) in [6.45, 7) is 6.85. The number of aromatic nitrogens is 2. The number of nitrogens with one attached hydrogen (secondary N) is 1. The number of rotatable bonds is 6. The molecule has 1 rings (SSSR count). The van der Waals surface area contributed by atoms with Crippen molar-refractivity contribution in [3.05, 3.63) is 18.6 Å². The minimum absolute atomic E-state index is 0.315. The van der Waals surface area contributed by atoms with Crippen LogP contribution in [-0.4, -0.2) is 27.3 Å². The Morgan fingerprint density at radius 1 is 1.59 bits per heavy atom. The van der Waals surface area contributed by atoms with Gasteiger partial charge in [0.25, 0.3) is 0 Å². The third-order valence-electron chi connectivity index (χ3n) is 2.37. The highest BCUT2D eigenvalue weighted by atomic mass is 32.2. The number of nitrogens with zero attached hydrogens (tertiary/aromatic N) is 3. The van der Waals surface area contributed by atoms with E-state index in [1.807, 2.05) is 13.8 Å². The van der Waals surface area contributed by atoms with Gasteiger partial charge in [-0.15, -0.1) is 11.8 Å². The summed E-state index contributed by atoms with van der Waals surface area (Å²) in [6.07, 6.45) is 5.87. The van der Waals surface area contributed by atoms with Crippen molar-refractivity contribution in [1.82, 2.24) is 15.3 Å². The summed E-state index contributed by atoms with van der Waals surface area (Å²) >= 11 is 1.65. The van der Waals surface area contributed by atoms with Gasteiger partial charge in [-0.2, -0.15) is 5.26 Å². The first-order chi connectivity index (χ1) is 8.09. The molecule has 0 spiro atoms. The van der Waals surface area contributed by atoms with Crippen LogP contribution in [0.3, 0.4) is 0 Å². The van der Waals surface area contributed by atoms with Gasteiger partial charge in [0.2, 0.25) is 0 Å². The number of hydrogen-bond acceptors (Lipinski definition) is 5. The average Bonchev–Trinajstić information content (AvgIpc) is 2.30. The Bertz CT molecular complexity index is 376. The molecule has 92 valence electrons. The lowest BCUT2D eigenvalue weighted by molar-refractivity contribution is 0.429. The van der Waals surface area contributed by atoms with Crippen LogP contribution in [0.15, 0.2) is 23.6 Å². The first-order valence-electron chi connectivity index (χ1n) is 5.68. The Morgan fingerprint density at radius 2 is 2.35 bits per heavy atom. The maximum Gasteiger partial charge on any atom is 0.115 e. The molecule has 0 aliphatic rings. The zero-order chi connectivity index (χ0) is 12.7. The third-order valence-corrected chi connectivity index (χ3v) is 3.39. The molecular formula is C12H18N4S. The summed E-state index contributed by atoms with van der Waals surface area (Å²) in [7, 11) is 0. The highest BCUT2D eigenvalue weighted by Gasteiger charge is 2.25. The van der Waals surface area contributed by atoms with Crippen molar-refractivity contribution in [2.75, 3.05) is 6.54 Å². The van der Waals surface area contributed by atoms with Gasteiger partial charge in [-0.3, -0.25) is 10.3 Å². The Kier molecular flexibility index (Phi) is 5.39. The second kappa shape index (κ2) is 6.58. The quantitative estimate of drug-likeness (QED) is 0.785. The normalized spacial score (nSPS) is 15.9. The van der Waals surface area contributed by atoms with Crippen molar-refractivity contribution < 1.29 is 0 Å². The second-order valence-corrected chi connectivity index (χ2v) is 5.61. The maximum atomic E-state index is 9.18. The van der Waals surface area contributed by atoms with E-state index in [1.54, 1.807) is 30.4 Å². The lowest BCUT2D eigenvalue weighted by atomic mass is 9.98. The van der Waals surface area contributed by atoms with Crippen molar-refractivity contribution in [2.45, 2.75) is 43.0 Å². The standard InChI is InChI=1S/C12H18N4S/c1-4-16-12(3,9-13)7-10(2)17-11-8-14-5-6-15-11/h5-6,8,10,16H,4,7H2,1-3H3. The highest BCUT2D eigenvalue weighted by molar-refractivity contribution is 7.99. The predicted molar refractivity (Wildman–Crippen MR) is 69.7 cm³/mol. The molecule has 2 unspecified atom stereocenters. The van der Waals surface area contributed by atoms with Gasteiger partial charge in [-0.1, -0.05) is 13.8 Å². The molecule has 5 heteroatoms. The van der Waals surface area contributed by atoms with E-state index >= 15 is 0 Å². The molecule has 0 saturated heterocycles. The second-order valence-electron chi connectivity index (χ2n) is 4.15. The highest BCUT2D eigenvalue weighted by Crippen LogP contribution is 2.26. The molecule has 0 amide bonds. The van der Waals surface area contributed by atoms with Gasteiger partial charge in [0.1, 0.15) is 10.6 Å². The summed E-state index contributed by atoms with van der Waals surface area (Å²) < 4.78 is 0. The van der Waals surface area contributed by atoms with E-state index in [9.17, 15) is 5.26 Å². The SMILES string of the molecule is CCNC(C)(C#N)CC(C)Sc1cnccn1. The molecule has 1 N–H and O–H groups in total. The van der Waals surface area contributed by atoms with E-state index in [2.05, 4.69) is 28.3 Å². The Hall–Kier alpha value is -1.12. The molecule has 17 heavy (non-hydrogen) atoms. The van der Waals surface area contributed by atoms with Crippen molar-refractivity contribution in [1.29, 1.82) is 5.26 Å². The van der Waals surface area contributed by atoms with E-state index < -0.39 is 5.54 Å². The smallest absolute Gasteiger partial charge is 0.115 e.